The maximum absolute atomic E-state index is 13.8. The zero-order chi connectivity index (χ0) is 24.7. The molecule has 0 bridgehead atoms. The van der Waals surface area contributed by atoms with Crippen LogP contribution in [0.4, 0.5) is 0 Å². The van der Waals surface area contributed by atoms with Crippen molar-refractivity contribution in [2.24, 2.45) is 0 Å². The van der Waals surface area contributed by atoms with Gasteiger partial charge in [0.15, 0.2) is 0 Å². The highest BCUT2D eigenvalue weighted by Crippen LogP contribution is 2.56. The van der Waals surface area contributed by atoms with Gasteiger partial charge in [-0.05, 0) is 61.3 Å². The van der Waals surface area contributed by atoms with Crippen LogP contribution in [0, 0.1) is 0 Å². The first-order valence-corrected chi connectivity index (χ1v) is 17.4. The second kappa shape index (κ2) is 12.7. The molecule has 6 heteroatoms. The van der Waals surface area contributed by atoms with Crippen molar-refractivity contribution in [3.63, 3.8) is 0 Å². The van der Waals surface area contributed by atoms with Crippen LogP contribution in [0.3, 0.4) is 0 Å². The van der Waals surface area contributed by atoms with Gasteiger partial charge in [0.1, 0.15) is 0 Å². The van der Waals surface area contributed by atoms with Gasteiger partial charge >= 0.3 is 0 Å². The molecule has 2 aromatic carbocycles. The van der Waals surface area contributed by atoms with Crippen LogP contribution in [0.2, 0.25) is 0 Å². The Morgan fingerprint density at radius 2 is 0.861 bits per heavy atom. The van der Waals surface area contributed by atoms with Gasteiger partial charge in [0.25, 0.3) is 11.8 Å². The second-order valence-electron chi connectivity index (χ2n) is 10.7. The van der Waals surface area contributed by atoms with Crippen LogP contribution >= 0.6 is 15.8 Å². The van der Waals surface area contributed by atoms with Crippen LogP contribution < -0.4 is 0 Å². The first kappa shape index (κ1) is 25.9. The lowest BCUT2D eigenvalue weighted by molar-refractivity contribution is 0.0794. The average Bonchev–Trinajstić information content (AvgIpc) is 2.94. The van der Waals surface area contributed by atoms with Crippen molar-refractivity contribution in [2.45, 2.75) is 75.5 Å². The van der Waals surface area contributed by atoms with Crippen molar-refractivity contribution in [3.05, 3.63) is 71.8 Å². The number of rotatable bonds is 4. The molecule has 3 aliphatic rings. The molecule has 0 unspecified atom stereocenters. The Kier molecular flexibility index (Phi) is 9.10. The zero-order valence-corrected chi connectivity index (χ0v) is 23.2. The van der Waals surface area contributed by atoms with Crippen molar-refractivity contribution < 1.29 is 9.59 Å². The first-order valence-electron chi connectivity index (χ1n) is 13.9. The van der Waals surface area contributed by atoms with Crippen LogP contribution in [0.15, 0.2) is 60.7 Å². The number of nitrogens with zero attached hydrogens (tertiary/aromatic N) is 2. The van der Waals surface area contributed by atoms with E-state index in [9.17, 15) is 9.59 Å². The molecule has 192 valence electrons. The summed E-state index contributed by atoms with van der Waals surface area (Å²) in [5.74, 6) is 0.398. The van der Waals surface area contributed by atoms with E-state index in [1.165, 1.54) is 64.2 Å². The minimum Gasteiger partial charge on any atom is -0.330 e. The van der Waals surface area contributed by atoms with Gasteiger partial charge in [-0.2, -0.15) is 0 Å². The monoisotopic (exact) mass is 522 g/mol. The van der Waals surface area contributed by atoms with Gasteiger partial charge in [0.05, 0.1) is 0 Å². The highest BCUT2D eigenvalue weighted by Gasteiger charge is 2.37. The number of carbonyl (C=O) groups excluding carboxylic acids is 2. The van der Waals surface area contributed by atoms with Crippen molar-refractivity contribution in [3.8, 4) is 0 Å². The number of amides is 2. The first-order chi connectivity index (χ1) is 17.7. The van der Waals surface area contributed by atoms with E-state index in [1.807, 2.05) is 60.7 Å². The van der Waals surface area contributed by atoms with Crippen LogP contribution in [0.5, 0.6) is 0 Å². The van der Waals surface area contributed by atoms with E-state index >= 15 is 0 Å². The largest absolute Gasteiger partial charge is 0.330 e. The van der Waals surface area contributed by atoms with Crippen LogP contribution in [0.25, 0.3) is 0 Å². The van der Waals surface area contributed by atoms with E-state index in [4.69, 9.17) is 0 Å². The Balaban J connectivity index is 1.46. The van der Waals surface area contributed by atoms with Crippen molar-refractivity contribution in [1.82, 2.24) is 9.80 Å². The Hall–Kier alpha value is -1.76. The molecule has 5 rings (SSSR count). The summed E-state index contributed by atoms with van der Waals surface area (Å²) in [5, 5.41) is 0. The summed E-state index contributed by atoms with van der Waals surface area (Å²) in [6, 6.07) is 19.8. The van der Waals surface area contributed by atoms with Crippen molar-refractivity contribution in [1.29, 1.82) is 0 Å². The fourth-order valence-corrected chi connectivity index (χ4v) is 12.5. The number of benzene rings is 2. The molecule has 0 radical (unpaired) electrons. The highest BCUT2D eigenvalue weighted by atomic mass is 31.1. The van der Waals surface area contributed by atoms with Crippen molar-refractivity contribution >= 4 is 27.7 Å². The smallest absolute Gasteiger partial charge is 0.254 e. The SMILES string of the molecule is O=C(c1ccccc1)N1CP(C2CCCCC2)CN(C(=O)c2ccccc2)CP(C2CCCCC2)C1. The molecule has 0 atom stereocenters. The van der Waals surface area contributed by atoms with Crippen LogP contribution in [-0.2, 0) is 0 Å². The lowest BCUT2D eigenvalue weighted by Gasteiger charge is -2.45. The van der Waals surface area contributed by atoms with E-state index in [0.717, 1.165) is 36.3 Å². The Morgan fingerprint density at radius 3 is 1.19 bits per heavy atom. The molecule has 3 fully saturated rings. The lowest BCUT2D eigenvalue weighted by atomic mass is 10.0. The molecule has 1 saturated heterocycles. The summed E-state index contributed by atoms with van der Waals surface area (Å²) in [6.45, 7) is 0. The van der Waals surface area contributed by atoms with Gasteiger partial charge in [0, 0.05) is 36.3 Å². The molecule has 2 aromatic rings. The van der Waals surface area contributed by atoms with Gasteiger partial charge in [-0.25, -0.2) is 0 Å². The Morgan fingerprint density at radius 1 is 0.528 bits per heavy atom. The molecule has 1 aliphatic heterocycles. The number of hydrogen-bond donors (Lipinski definition) is 0. The van der Waals surface area contributed by atoms with Crippen LogP contribution in [0.1, 0.15) is 84.9 Å². The minimum absolute atomic E-state index is 0.199. The maximum atomic E-state index is 13.8. The van der Waals surface area contributed by atoms with Crippen LogP contribution in [-0.4, -0.2) is 58.1 Å². The third kappa shape index (κ3) is 6.38. The average molecular weight is 523 g/mol. The van der Waals surface area contributed by atoms with Gasteiger partial charge in [-0.15, -0.1) is 0 Å². The fourth-order valence-electron chi connectivity index (χ4n) is 6.19. The van der Waals surface area contributed by atoms with E-state index in [2.05, 4.69) is 9.80 Å². The number of hydrogen-bond acceptors (Lipinski definition) is 2. The summed E-state index contributed by atoms with van der Waals surface area (Å²) in [6.07, 6.45) is 16.2. The molecule has 0 spiro atoms. The zero-order valence-electron chi connectivity index (χ0n) is 21.4. The summed E-state index contributed by atoms with van der Waals surface area (Å²) in [5.41, 5.74) is 2.94. The predicted octanol–water partition coefficient (Wildman–Crippen LogP) is 7.74. The molecule has 1 heterocycles. The molecule has 36 heavy (non-hydrogen) atoms. The topological polar surface area (TPSA) is 40.6 Å². The Labute approximate surface area is 219 Å². The molecule has 2 aliphatic carbocycles. The fraction of sp³-hybridized carbons (Fsp3) is 0.533. The molecule has 2 amide bonds. The Bertz CT molecular complexity index is 897. The van der Waals surface area contributed by atoms with Crippen molar-refractivity contribution in [2.75, 3.05) is 25.1 Å². The normalized spacial score (nSPS) is 24.7. The quantitative estimate of drug-likeness (QED) is 0.385. The lowest BCUT2D eigenvalue weighted by Crippen LogP contribution is -2.42. The second-order valence-corrected chi connectivity index (χ2v) is 15.7. The predicted molar refractivity (Wildman–Crippen MR) is 152 cm³/mol. The standard InChI is InChI=1S/C30H40N2O2P2/c33-29(25-13-5-1-6-14-25)31-21-35(27-17-9-3-10-18-27)23-32(30(34)26-15-7-2-8-16-26)24-36(22-31)28-19-11-4-12-20-28/h1-2,5-8,13-16,27-28H,3-4,9-12,17-24H2. The molecule has 4 nitrogen and oxygen atoms in total. The van der Waals surface area contributed by atoms with E-state index in [1.54, 1.807) is 0 Å². The molecule has 2 saturated carbocycles. The van der Waals surface area contributed by atoms with Gasteiger partial charge < -0.3 is 9.80 Å². The third-order valence-corrected chi connectivity index (χ3v) is 14.1. The van der Waals surface area contributed by atoms with E-state index in [0.29, 0.717) is 11.3 Å². The van der Waals surface area contributed by atoms with Gasteiger partial charge in [0.2, 0.25) is 0 Å². The number of carbonyl (C=O) groups is 2. The maximum Gasteiger partial charge on any atom is 0.254 e. The van der Waals surface area contributed by atoms with Gasteiger partial charge in [-0.3, -0.25) is 9.59 Å². The summed E-state index contributed by atoms with van der Waals surface area (Å²) < 4.78 is 0. The van der Waals surface area contributed by atoms with Gasteiger partial charge in [-0.1, -0.05) is 90.8 Å². The molecular formula is C30H40N2O2P2. The third-order valence-electron chi connectivity index (χ3n) is 8.21. The minimum atomic E-state index is -0.474. The van der Waals surface area contributed by atoms with E-state index in [-0.39, 0.29) is 11.8 Å². The summed E-state index contributed by atoms with van der Waals surface area (Å²) in [7, 11) is -0.947. The van der Waals surface area contributed by atoms with E-state index < -0.39 is 15.8 Å². The molecule has 0 aromatic heterocycles. The highest BCUT2D eigenvalue weighted by molar-refractivity contribution is 7.60. The summed E-state index contributed by atoms with van der Waals surface area (Å²) >= 11 is 0. The molecular weight excluding hydrogens is 482 g/mol. The molecule has 0 N–H and O–H groups in total. The summed E-state index contributed by atoms with van der Waals surface area (Å²) in [4.78, 5) is 32.1.